The average molecular weight is 315 g/mol. The number of carbonyl (C=O) groups is 2. The first-order valence-electron chi connectivity index (χ1n) is 7.42. The number of ether oxygens (including phenoxy) is 1. The molecule has 2 heterocycles. The van der Waals surface area contributed by atoms with Crippen LogP contribution < -0.4 is 4.90 Å². The SMILES string of the molecule is CCOC(=O)c1coc(N2CCN(Cc3ccccc3)C2=O)n1. The topological polar surface area (TPSA) is 75.9 Å². The molecule has 1 aliphatic heterocycles. The highest BCUT2D eigenvalue weighted by Crippen LogP contribution is 2.21. The molecule has 2 aromatic rings. The number of anilines is 1. The lowest BCUT2D eigenvalue weighted by molar-refractivity contribution is 0.0519. The van der Waals surface area contributed by atoms with Crippen molar-refractivity contribution in [2.24, 2.45) is 0 Å². The van der Waals surface area contributed by atoms with Crippen LogP contribution in [0.3, 0.4) is 0 Å². The molecule has 1 aromatic carbocycles. The van der Waals surface area contributed by atoms with Crippen molar-refractivity contribution in [2.75, 3.05) is 24.6 Å². The summed E-state index contributed by atoms with van der Waals surface area (Å²) < 4.78 is 10.1. The Morgan fingerprint density at radius 2 is 2.09 bits per heavy atom. The summed E-state index contributed by atoms with van der Waals surface area (Å²) in [6.07, 6.45) is 1.21. The van der Waals surface area contributed by atoms with Crippen molar-refractivity contribution in [3.8, 4) is 0 Å². The zero-order valence-electron chi connectivity index (χ0n) is 12.8. The van der Waals surface area contributed by atoms with Crippen LogP contribution in [0, 0.1) is 0 Å². The molecule has 0 radical (unpaired) electrons. The van der Waals surface area contributed by atoms with E-state index in [4.69, 9.17) is 9.15 Å². The van der Waals surface area contributed by atoms with Gasteiger partial charge in [0.25, 0.3) is 0 Å². The molecule has 1 saturated heterocycles. The maximum Gasteiger partial charge on any atom is 0.360 e. The molecule has 0 atom stereocenters. The molecule has 0 bridgehead atoms. The Morgan fingerprint density at radius 3 is 2.83 bits per heavy atom. The van der Waals surface area contributed by atoms with E-state index in [0.717, 1.165) is 5.56 Å². The van der Waals surface area contributed by atoms with Gasteiger partial charge >= 0.3 is 18.0 Å². The van der Waals surface area contributed by atoms with Crippen LogP contribution >= 0.6 is 0 Å². The van der Waals surface area contributed by atoms with Gasteiger partial charge in [-0.05, 0) is 12.5 Å². The third-order valence-corrected chi connectivity index (χ3v) is 3.52. The first kappa shape index (κ1) is 15.1. The van der Waals surface area contributed by atoms with Gasteiger partial charge in [0.2, 0.25) is 0 Å². The third kappa shape index (κ3) is 3.18. The van der Waals surface area contributed by atoms with Crippen molar-refractivity contribution < 1.29 is 18.7 Å². The van der Waals surface area contributed by atoms with Crippen molar-refractivity contribution in [1.82, 2.24) is 9.88 Å². The minimum Gasteiger partial charge on any atom is -0.461 e. The number of urea groups is 1. The van der Waals surface area contributed by atoms with E-state index < -0.39 is 5.97 Å². The Hall–Kier alpha value is -2.83. The van der Waals surface area contributed by atoms with Crippen LogP contribution in [0.5, 0.6) is 0 Å². The van der Waals surface area contributed by atoms with Gasteiger partial charge in [-0.25, -0.2) is 14.5 Å². The van der Waals surface area contributed by atoms with Gasteiger partial charge in [0.15, 0.2) is 5.69 Å². The predicted molar refractivity (Wildman–Crippen MR) is 82.1 cm³/mol. The summed E-state index contributed by atoms with van der Waals surface area (Å²) in [5.41, 5.74) is 1.12. The molecule has 0 unspecified atom stereocenters. The second kappa shape index (κ2) is 6.51. The minimum absolute atomic E-state index is 0.0659. The fourth-order valence-corrected chi connectivity index (χ4v) is 2.40. The molecule has 1 aliphatic rings. The highest BCUT2D eigenvalue weighted by molar-refractivity contribution is 5.93. The fourth-order valence-electron chi connectivity index (χ4n) is 2.40. The number of rotatable bonds is 5. The largest absolute Gasteiger partial charge is 0.461 e. The quantitative estimate of drug-likeness (QED) is 0.791. The van der Waals surface area contributed by atoms with E-state index in [-0.39, 0.29) is 24.3 Å². The molecule has 2 amide bonds. The van der Waals surface area contributed by atoms with Gasteiger partial charge in [0, 0.05) is 19.6 Å². The van der Waals surface area contributed by atoms with Gasteiger partial charge in [-0.1, -0.05) is 30.3 Å². The van der Waals surface area contributed by atoms with E-state index in [1.54, 1.807) is 11.8 Å². The summed E-state index contributed by atoms with van der Waals surface area (Å²) in [6.45, 7) is 3.54. The van der Waals surface area contributed by atoms with Crippen LogP contribution in [0.15, 0.2) is 41.0 Å². The second-order valence-electron chi connectivity index (χ2n) is 5.08. The maximum atomic E-state index is 12.5. The highest BCUT2D eigenvalue weighted by atomic mass is 16.5. The van der Waals surface area contributed by atoms with E-state index in [9.17, 15) is 9.59 Å². The van der Waals surface area contributed by atoms with Gasteiger partial charge < -0.3 is 14.1 Å². The molecule has 3 rings (SSSR count). The number of hydrogen-bond donors (Lipinski definition) is 0. The van der Waals surface area contributed by atoms with Crippen molar-refractivity contribution in [1.29, 1.82) is 0 Å². The smallest absolute Gasteiger partial charge is 0.360 e. The Labute approximate surface area is 133 Å². The van der Waals surface area contributed by atoms with E-state index >= 15 is 0 Å². The molecular formula is C16H17N3O4. The van der Waals surface area contributed by atoms with Crippen LogP contribution in [-0.4, -0.2) is 41.6 Å². The minimum atomic E-state index is -0.560. The van der Waals surface area contributed by atoms with E-state index in [1.165, 1.54) is 11.2 Å². The van der Waals surface area contributed by atoms with Crippen LogP contribution in [-0.2, 0) is 11.3 Å². The van der Waals surface area contributed by atoms with Crippen LogP contribution in [0.4, 0.5) is 10.8 Å². The number of esters is 1. The molecule has 7 heteroatoms. The molecule has 1 aromatic heterocycles. The Balaban J connectivity index is 1.68. The van der Waals surface area contributed by atoms with E-state index in [2.05, 4.69) is 4.98 Å². The summed E-state index contributed by atoms with van der Waals surface area (Å²) in [4.78, 5) is 31.2. The van der Waals surface area contributed by atoms with Gasteiger partial charge in [0.1, 0.15) is 6.26 Å². The van der Waals surface area contributed by atoms with Crippen molar-refractivity contribution in [2.45, 2.75) is 13.5 Å². The lowest BCUT2D eigenvalue weighted by Gasteiger charge is -2.16. The zero-order chi connectivity index (χ0) is 16.2. The second-order valence-corrected chi connectivity index (χ2v) is 5.08. The summed E-state index contributed by atoms with van der Waals surface area (Å²) in [7, 11) is 0. The van der Waals surface area contributed by atoms with Crippen LogP contribution in [0.1, 0.15) is 23.0 Å². The van der Waals surface area contributed by atoms with Crippen molar-refractivity contribution in [3.05, 3.63) is 47.9 Å². The number of amides is 2. The number of oxazole rings is 1. The highest BCUT2D eigenvalue weighted by Gasteiger charge is 2.33. The monoisotopic (exact) mass is 315 g/mol. The first-order chi connectivity index (χ1) is 11.2. The average Bonchev–Trinajstić information content (AvgIpc) is 3.17. The molecule has 0 saturated carbocycles. The maximum absolute atomic E-state index is 12.5. The summed E-state index contributed by atoms with van der Waals surface area (Å²) >= 11 is 0. The molecule has 0 spiro atoms. The molecule has 0 N–H and O–H groups in total. The number of nitrogens with zero attached hydrogens (tertiary/aromatic N) is 3. The summed E-state index contributed by atoms with van der Waals surface area (Å²) in [5, 5.41) is 0. The number of carbonyl (C=O) groups excluding carboxylic acids is 2. The molecule has 23 heavy (non-hydrogen) atoms. The molecule has 1 fully saturated rings. The predicted octanol–water partition coefficient (Wildman–Crippen LogP) is 2.29. The Kier molecular flexibility index (Phi) is 4.27. The van der Waals surface area contributed by atoms with Gasteiger partial charge in [-0.15, -0.1) is 0 Å². The zero-order valence-corrected chi connectivity index (χ0v) is 12.8. The normalized spacial score (nSPS) is 14.4. The third-order valence-electron chi connectivity index (χ3n) is 3.52. The lowest BCUT2D eigenvalue weighted by atomic mass is 10.2. The van der Waals surface area contributed by atoms with Crippen molar-refractivity contribution >= 4 is 18.0 Å². The Morgan fingerprint density at radius 1 is 1.30 bits per heavy atom. The summed E-state index contributed by atoms with van der Waals surface area (Å²) in [6, 6.07) is 9.69. The standard InChI is InChI=1S/C16H17N3O4/c1-2-22-14(20)13-11-23-15(17-13)19-9-8-18(16(19)21)10-12-6-4-3-5-7-12/h3-7,11H,2,8-10H2,1H3. The number of aromatic nitrogens is 1. The number of hydrogen-bond acceptors (Lipinski definition) is 5. The van der Waals surface area contributed by atoms with Crippen molar-refractivity contribution in [3.63, 3.8) is 0 Å². The van der Waals surface area contributed by atoms with Gasteiger partial charge in [-0.3, -0.25) is 0 Å². The van der Waals surface area contributed by atoms with Crippen LogP contribution in [0.2, 0.25) is 0 Å². The van der Waals surface area contributed by atoms with Gasteiger partial charge in [0.05, 0.1) is 6.61 Å². The first-order valence-corrected chi connectivity index (χ1v) is 7.42. The summed E-state index contributed by atoms with van der Waals surface area (Å²) in [5.74, 6) is -0.560. The van der Waals surface area contributed by atoms with E-state index in [0.29, 0.717) is 19.6 Å². The lowest BCUT2D eigenvalue weighted by Crippen LogP contribution is -2.31. The van der Waals surface area contributed by atoms with Crippen LogP contribution in [0.25, 0.3) is 0 Å². The molecular weight excluding hydrogens is 298 g/mol. The molecule has 7 nitrogen and oxygen atoms in total. The number of benzene rings is 1. The molecule has 0 aliphatic carbocycles. The Bertz CT molecular complexity index is 698. The molecule has 120 valence electrons. The van der Waals surface area contributed by atoms with Gasteiger partial charge in [-0.2, -0.15) is 4.98 Å². The van der Waals surface area contributed by atoms with E-state index in [1.807, 2.05) is 30.3 Å². The fraction of sp³-hybridized carbons (Fsp3) is 0.312.